The Bertz CT molecular complexity index is 378. The van der Waals surface area contributed by atoms with Crippen molar-refractivity contribution in [2.24, 2.45) is 5.41 Å². The Labute approximate surface area is 112 Å². The van der Waals surface area contributed by atoms with Gasteiger partial charge in [-0.2, -0.15) is 0 Å². The predicted octanol–water partition coefficient (Wildman–Crippen LogP) is 4.08. The maximum atomic E-state index is 11.6. The quantitative estimate of drug-likeness (QED) is 0.704. The van der Waals surface area contributed by atoms with Crippen molar-refractivity contribution >= 4 is 14.1 Å². The van der Waals surface area contributed by atoms with E-state index in [4.69, 9.17) is 4.43 Å². The molecule has 0 amide bonds. The van der Waals surface area contributed by atoms with Crippen molar-refractivity contribution in [2.45, 2.75) is 70.7 Å². The Kier molecular flexibility index (Phi) is 3.35. The van der Waals surface area contributed by atoms with Crippen LogP contribution in [0.5, 0.6) is 0 Å². The van der Waals surface area contributed by atoms with E-state index in [0.29, 0.717) is 6.42 Å². The van der Waals surface area contributed by atoms with Crippen LogP contribution in [-0.4, -0.2) is 20.2 Å². The first-order valence-electron chi connectivity index (χ1n) is 7.06. The van der Waals surface area contributed by atoms with Gasteiger partial charge in [0.25, 0.3) is 0 Å². The molecule has 0 heterocycles. The summed E-state index contributed by atoms with van der Waals surface area (Å²) in [5.74, 6) is 0.278. The van der Waals surface area contributed by atoms with Gasteiger partial charge in [0, 0.05) is 11.8 Å². The molecule has 0 saturated heterocycles. The minimum Gasteiger partial charge on any atom is -0.413 e. The third-order valence-corrected chi connectivity index (χ3v) is 9.58. The van der Waals surface area contributed by atoms with Gasteiger partial charge in [0.1, 0.15) is 0 Å². The van der Waals surface area contributed by atoms with Crippen molar-refractivity contribution in [1.29, 1.82) is 0 Å². The van der Waals surface area contributed by atoms with E-state index in [1.54, 1.807) is 6.08 Å². The number of allylic oxidation sites excluding steroid dienone is 1. The summed E-state index contributed by atoms with van der Waals surface area (Å²) < 4.78 is 6.58. The van der Waals surface area contributed by atoms with Gasteiger partial charge in [0.2, 0.25) is 0 Å². The summed E-state index contributed by atoms with van der Waals surface area (Å²) in [4.78, 5) is 11.6. The lowest BCUT2D eigenvalue weighted by molar-refractivity contribution is -0.116. The van der Waals surface area contributed by atoms with E-state index in [1.165, 1.54) is 6.42 Å². The van der Waals surface area contributed by atoms with Gasteiger partial charge in [-0.15, -0.1) is 0 Å². The fourth-order valence-corrected chi connectivity index (χ4v) is 4.29. The number of ketones is 1. The molecule has 2 atom stereocenters. The zero-order chi connectivity index (χ0) is 13.6. The molecule has 0 aromatic heterocycles. The molecule has 0 bridgehead atoms. The van der Waals surface area contributed by atoms with Crippen LogP contribution >= 0.6 is 0 Å². The molecule has 1 saturated carbocycles. The largest absolute Gasteiger partial charge is 0.413 e. The molecule has 18 heavy (non-hydrogen) atoms. The second-order valence-corrected chi connectivity index (χ2v) is 12.2. The molecule has 102 valence electrons. The molecule has 3 heteroatoms. The number of carbonyl (C=O) groups is 1. The average Bonchev–Trinajstić information content (AvgIpc) is 2.74. The molecule has 0 aliphatic heterocycles. The Hall–Kier alpha value is -0.413. The highest BCUT2D eigenvalue weighted by molar-refractivity contribution is 6.74. The normalized spacial score (nSPS) is 32.7. The van der Waals surface area contributed by atoms with Crippen molar-refractivity contribution in [1.82, 2.24) is 0 Å². The third kappa shape index (κ3) is 2.35. The number of hydrogen-bond acceptors (Lipinski definition) is 2. The average molecular weight is 266 g/mol. The lowest BCUT2D eigenvalue weighted by atomic mass is 9.84. The summed E-state index contributed by atoms with van der Waals surface area (Å²) in [7, 11) is -1.73. The van der Waals surface area contributed by atoms with E-state index in [2.05, 4.69) is 39.9 Å². The van der Waals surface area contributed by atoms with Crippen LogP contribution in [0.2, 0.25) is 18.1 Å². The zero-order valence-electron chi connectivity index (χ0n) is 12.4. The fourth-order valence-electron chi connectivity index (χ4n) is 2.87. The molecule has 0 unspecified atom stereocenters. The Morgan fingerprint density at radius 2 is 2.06 bits per heavy atom. The Balaban J connectivity index is 2.15. The van der Waals surface area contributed by atoms with Crippen molar-refractivity contribution in [3.8, 4) is 0 Å². The van der Waals surface area contributed by atoms with E-state index in [0.717, 1.165) is 12.8 Å². The highest BCUT2D eigenvalue weighted by Crippen LogP contribution is 2.50. The molecule has 0 aromatic carbocycles. The molecular formula is C15H26O2Si. The molecule has 0 aromatic rings. The van der Waals surface area contributed by atoms with E-state index in [9.17, 15) is 4.79 Å². The molecule has 0 N–H and O–H groups in total. The molecule has 1 fully saturated rings. The number of carbonyl (C=O) groups excluding carboxylic acids is 1. The maximum absolute atomic E-state index is 11.6. The highest BCUT2D eigenvalue weighted by atomic mass is 28.4. The minimum absolute atomic E-state index is 0.0343. The van der Waals surface area contributed by atoms with Crippen molar-refractivity contribution < 1.29 is 9.22 Å². The van der Waals surface area contributed by atoms with Crippen LogP contribution in [0.15, 0.2) is 12.2 Å². The van der Waals surface area contributed by atoms with Gasteiger partial charge >= 0.3 is 0 Å². The van der Waals surface area contributed by atoms with Crippen LogP contribution in [-0.2, 0) is 9.22 Å². The van der Waals surface area contributed by atoms with Crippen LogP contribution in [0.3, 0.4) is 0 Å². The van der Waals surface area contributed by atoms with Crippen molar-refractivity contribution in [2.75, 3.05) is 0 Å². The first kappa shape index (κ1) is 14.0. The van der Waals surface area contributed by atoms with Crippen molar-refractivity contribution in [3.05, 3.63) is 12.2 Å². The lowest BCUT2D eigenvalue weighted by Crippen LogP contribution is -2.47. The van der Waals surface area contributed by atoms with Crippen molar-refractivity contribution in [3.63, 3.8) is 0 Å². The van der Waals surface area contributed by atoms with Crippen LogP contribution < -0.4 is 0 Å². The van der Waals surface area contributed by atoms with Gasteiger partial charge in [-0.1, -0.05) is 26.8 Å². The maximum Gasteiger partial charge on any atom is 0.192 e. The minimum atomic E-state index is -1.73. The molecule has 2 rings (SSSR count). The lowest BCUT2D eigenvalue weighted by Gasteiger charge is -2.42. The van der Waals surface area contributed by atoms with Gasteiger partial charge in [-0.25, -0.2) is 0 Å². The van der Waals surface area contributed by atoms with E-state index < -0.39 is 8.32 Å². The smallest absolute Gasteiger partial charge is 0.192 e. The second kappa shape index (κ2) is 4.31. The first-order chi connectivity index (χ1) is 8.16. The van der Waals surface area contributed by atoms with Gasteiger partial charge in [-0.05, 0) is 43.5 Å². The Morgan fingerprint density at radius 1 is 1.39 bits per heavy atom. The highest BCUT2D eigenvalue weighted by Gasteiger charge is 2.49. The number of hydrogen-bond donors (Lipinski definition) is 0. The van der Waals surface area contributed by atoms with Crippen LogP contribution in [0, 0.1) is 5.41 Å². The fraction of sp³-hybridized carbons (Fsp3) is 0.800. The third-order valence-electron chi connectivity index (χ3n) is 5.10. The molecular weight excluding hydrogens is 240 g/mol. The second-order valence-electron chi connectivity index (χ2n) is 7.47. The van der Waals surface area contributed by atoms with Gasteiger partial charge in [0.15, 0.2) is 14.1 Å². The monoisotopic (exact) mass is 266 g/mol. The summed E-state index contributed by atoms with van der Waals surface area (Å²) in [5.41, 5.74) is 0.0343. The molecule has 2 nitrogen and oxygen atoms in total. The van der Waals surface area contributed by atoms with E-state index in [1.807, 2.05) is 0 Å². The van der Waals surface area contributed by atoms with Crippen LogP contribution in [0.1, 0.15) is 46.5 Å². The zero-order valence-corrected chi connectivity index (χ0v) is 13.4. The van der Waals surface area contributed by atoms with Crippen LogP contribution in [0.4, 0.5) is 0 Å². The predicted molar refractivity (Wildman–Crippen MR) is 77.1 cm³/mol. The molecule has 0 radical (unpaired) electrons. The summed E-state index contributed by atoms with van der Waals surface area (Å²) in [6, 6.07) is 0. The van der Waals surface area contributed by atoms with Gasteiger partial charge < -0.3 is 4.43 Å². The van der Waals surface area contributed by atoms with Crippen LogP contribution in [0.25, 0.3) is 0 Å². The standard InChI is InChI=1S/C15H26O2Si/c1-14(2,3)18(4,5)17-13-7-6-9-15(13)10-8-12(16)11-15/h8,10,13H,6-7,9,11H2,1-5H3/t13-,15-/m1/s1. The summed E-state index contributed by atoms with van der Waals surface area (Å²) in [5, 5.41) is 0.239. The summed E-state index contributed by atoms with van der Waals surface area (Å²) in [6.07, 6.45) is 8.27. The molecule has 2 aliphatic carbocycles. The Morgan fingerprint density at radius 3 is 2.56 bits per heavy atom. The van der Waals surface area contributed by atoms with E-state index >= 15 is 0 Å². The van der Waals surface area contributed by atoms with E-state index in [-0.39, 0.29) is 22.3 Å². The molecule has 2 aliphatic rings. The summed E-state index contributed by atoms with van der Waals surface area (Å²) >= 11 is 0. The number of rotatable bonds is 2. The van der Waals surface area contributed by atoms with Gasteiger partial charge in [-0.3, -0.25) is 4.79 Å². The first-order valence-corrected chi connectivity index (χ1v) is 9.97. The van der Waals surface area contributed by atoms with Gasteiger partial charge in [0.05, 0.1) is 6.10 Å². The summed E-state index contributed by atoms with van der Waals surface area (Å²) in [6.45, 7) is 11.4. The SMILES string of the molecule is CC(C)(C)[Si](C)(C)O[C@@H]1CCC[C@]12C=CC(=O)C2. The molecule has 1 spiro atoms. The topological polar surface area (TPSA) is 26.3 Å².